The molecule has 0 radical (unpaired) electrons. The normalized spacial score (nSPS) is 13.1. The quantitative estimate of drug-likeness (QED) is 0.565. The Morgan fingerprint density at radius 3 is 2.56 bits per heavy atom. The molecule has 0 aliphatic carbocycles. The van der Waals surface area contributed by atoms with E-state index in [4.69, 9.17) is 9.47 Å². The maximum atomic E-state index is 12.5. The number of benzene rings is 3. The number of hydrogen-bond donors (Lipinski definition) is 1. The zero-order chi connectivity index (χ0) is 18.6. The number of rotatable bonds is 3. The van der Waals surface area contributed by atoms with Crippen molar-refractivity contribution in [2.75, 3.05) is 18.5 Å². The van der Waals surface area contributed by atoms with Gasteiger partial charge in [-0.05, 0) is 40.6 Å². The fourth-order valence-corrected chi connectivity index (χ4v) is 2.93. The molecule has 27 heavy (non-hydrogen) atoms. The summed E-state index contributed by atoms with van der Waals surface area (Å²) in [6, 6.07) is 20.9. The van der Waals surface area contributed by atoms with E-state index >= 15 is 0 Å². The molecule has 1 N–H and O–H groups in total. The summed E-state index contributed by atoms with van der Waals surface area (Å²) in [5.74, 6) is 0.755. The number of ether oxygens (including phenoxy) is 2. The first-order valence-electron chi connectivity index (χ1n) is 8.54. The second-order valence-electron chi connectivity index (χ2n) is 6.09. The smallest absolute Gasteiger partial charge is 0.266 e. The van der Waals surface area contributed by atoms with E-state index in [0.29, 0.717) is 30.4 Å². The van der Waals surface area contributed by atoms with E-state index in [9.17, 15) is 10.1 Å². The van der Waals surface area contributed by atoms with Gasteiger partial charge in [0, 0.05) is 11.8 Å². The van der Waals surface area contributed by atoms with Gasteiger partial charge in [0.15, 0.2) is 11.5 Å². The van der Waals surface area contributed by atoms with E-state index in [1.807, 2.05) is 48.5 Å². The Balaban J connectivity index is 1.57. The highest BCUT2D eigenvalue weighted by atomic mass is 16.6. The Morgan fingerprint density at radius 1 is 0.963 bits per heavy atom. The Labute approximate surface area is 156 Å². The average Bonchev–Trinajstić information content (AvgIpc) is 2.71. The van der Waals surface area contributed by atoms with Crippen LogP contribution in [0.5, 0.6) is 11.5 Å². The van der Waals surface area contributed by atoms with Crippen LogP contribution in [0.1, 0.15) is 5.56 Å². The minimum atomic E-state index is -0.470. The lowest BCUT2D eigenvalue weighted by Crippen LogP contribution is -2.17. The van der Waals surface area contributed by atoms with Crippen LogP contribution in [0.4, 0.5) is 5.69 Å². The van der Waals surface area contributed by atoms with Gasteiger partial charge in [0.2, 0.25) is 0 Å². The molecule has 5 heteroatoms. The highest BCUT2D eigenvalue weighted by molar-refractivity contribution is 6.10. The summed E-state index contributed by atoms with van der Waals surface area (Å²) in [4.78, 5) is 12.5. The highest BCUT2D eigenvalue weighted by Crippen LogP contribution is 2.32. The minimum absolute atomic E-state index is 0.0279. The SMILES string of the molecule is N#C/C(=C\c1ccc2ccccc2c1)C(=O)Nc1ccc2c(c1)OCCO2. The van der Waals surface area contributed by atoms with Crippen molar-refractivity contribution in [1.82, 2.24) is 0 Å². The molecule has 1 heterocycles. The molecule has 5 nitrogen and oxygen atoms in total. The number of anilines is 1. The molecule has 0 atom stereocenters. The van der Waals surface area contributed by atoms with E-state index in [1.54, 1.807) is 24.3 Å². The van der Waals surface area contributed by atoms with E-state index in [2.05, 4.69) is 5.32 Å². The Kier molecular flexibility index (Phi) is 4.46. The van der Waals surface area contributed by atoms with Crippen molar-refractivity contribution in [2.45, 2.75) is 0 Å². The molecule has 0 spiro atoms. The molecule has 3 aromatic rings. The predicted octanol–water partition coefficient (Wildman–Crippen LogP) is 4.16. The van der Waals surface area contributed by atoms with Crippen molar-refractivity contribution >= 4 is 28.4 Å². The van der Waals surface area contributed by atoms with Crippen molar-refractivity contribution in [3.8, 4) is 17.6 Å². The first-order valence-corrected chi connectivity index (χ1v) is 8.54. The molecule has 1 aliphatic rings. The first-order chi connectivity index (χ1) is 13.2. The number of nitriles is 1. The molecular formula is C22H16N2O3. The fourth-order valence-electron chi connectivity index (χ4n) is 2.93. The van der Waals surface area contributed by atoms with Gasteiger partial charge in [0.05, 0.1) is 0 Å². The third-order valence-electron chi connectivity index (χ3n) is 4.25. The van der Waals surface area contributed by atoms with Crippen LogP contribution < -0.4 is 14.8 Å². The molecule has 0 bridgehead atoms. The van der Waals surface area contributed by atoms with Crippen LogP contribution >= 0.6 is 0 Å². The van der Waals surface area contributed by atoms with Gasteiger partial charge in [-0.3, -0.25) is 4.79 Å². The van der Waals surface area contributed by atoms with Crippen molar-refractivity contribution in [3.63, 3.8) is 0 Å². The van der Waals surface area contributed by atoms with Crippen LogP contribution in [-0.2, 0) is 4.79 Å². The lowest BCUT2D eigenvalue weighted by molar-refractivity contribution is -0.112. The van der Waals surface area contributed by atoms with Crippen LogP contribution in [0, 0.1) is 11.3 Å². The van der Waals surface area contributed by atoms with Gasteiger partial charge in [0.1, 0.15) is 24.9 Å². The minimum Gasteiger partial charge on any atom is -0.486 e. The molecule has 0 aromatic heterocycles. The van der Waals surface area contributed by atoms with Gasteiger partial charge < -0.3 is 14.8 Å². The summed E-state index contributed by atoms with van der Waals surface area (Å²) in [7, 11) is 0. The molecule has 0 saturated carbocycles. The van der Waals surface area contributed by atoms with Crippen LogP contribution in [0.15, 0.2) is 66.2 Å². The topological polar surface area (TPSA) is 71.4 Å². The van der Waals surface area contributed by atoms with Crippen molar-refractivity contribution in [2.24, 2.45) is 0 Å². The van der Waals surface area contributed by atoms with Crippen LogP contribution in [-0.4, -0.2) is 19.1 Å². The molecule has 1 amide bonds. The second kappa shape index (κ2) is 7.22. The van der Waals surface area contributed by atoms with Crippen LogP contribution in [0.25, 0.3) is 16.8 Å². The van der Waals surface area contributed by atoms with Gasteiger partial charge >= 0.3 is 0 Å². The Bertz CT molecular complexity index is 1100. The molecular weight excluding hydrogens is 340 g/mol. The number of fused-ring (bicyclic) bond motifs is 2. The van der Waals surface area contributed by atoms with E-state index in [-0.39, 0.29) is 5.57 Å². The molecule has 0 unspecified atom stereocenters. The third kappa shape index (κ3) is 3.60. The zero-order valence-electron chi connectivity index (χ0n) is 14.4. The molecule has 0 fully saturated rings. The predicted molar refractivity (Wildman–Crippen MR) is 104 cm³/mol. The van der Waals surface area contributed by atoms with E-state index < -0.39 is 5.91 Å². The van der Waals surface area contributed by atoms with Gasteiger partial charge in [0.25, 0.3) is 5.91 Å². The number of nitrogens with one attached hydrogen (secondary N) is 1. The summed E-state index contributed by atoms with van der Waals surface area (Å²) in [6.07, 6.45) is 1.58. The standard InChI is InChI=1S/C22H16N2O3/c23-14-18(12-15-5-6-16-3-1-2-4-17(16)11-15)22(25)24-19-7-8-20-21(13-19)27-10-9-26-20/h1-8,11-13H,9-10H2,(H,24,25)/b18-12+. The third-order valence-corrected chi connectivity index (χ3v) is 4.25. The maximum absolute atomic E-state index is 12.5. The molecule has 4 rings (SSSR count). The van der Waals surface area contributed by atoms with Gasteiger partial charge in [-0.2, -0.15) is 5.26 Å². The number of carbonyl (C=O) groups excluding carboxylic acids is 1. The van der Waals surface area contributed by atoms with Gasteiger partial charge in [-0.1, -0.05) is 36.4 Å². The lowest BCUT2D eigenvalue weighted by atomic mass is 10.0. The summed E-state index contributed by atoms with van der Waals surface area (Å²) in [5.41, 5.74) is 1.37. The van der Waals surface area contributed by atoms with Gasteiger partial charge in [-0.15, -0.1) is 0 Å². The second-order valence-corrected chi connectivity index (χ2v) is 6.09. The lowest BCUT2D eigenvalue weighted by Gasteiger charge is -2.18. The molecule has 1 aliphatic heterocycles. The Hall–Kier alpha value is -3.78. The summed E-state index contributed by atoms with van der Waals surface area (Å²) in [5, 5.41) is 14.3. The van der Waals surface area contributed by atoms with Crippen LogP contribution in [0.2, 0.25) is 0 Å². The number of hydrogen-bond acceptors (Lipinski definition) is 4. The van der Waals surface area contributed by atoms with Gasteiger partial charge in [-0.25, -0.2) is 0 Å². The fraction of sp³-hybridized carbons (Fsp3) is 0.0909. The molecule has 3 aromatic carbocycles. The van der Waals surface area contributed by atoms with E-state index in [1.165, 1.54) is 0 Å². The zero-order valence-corrected chi connectivity index (χ0v) is 14.4. The van der Waals surface area contributed by atoms with Crippen molar-refractivity contribution < 1.29 is 14.3 Å². The van der Waals surface area contributed by atoms with E-state index in [0.717, 1.165) is 16.3 Å². The van der Waals surface area contributed by atoms with Crippen molar-refractivity contribution in [1.29, 1.82) is 5.26 Å². The number of nitrogens with zero attached hydrogens (tertiary/aromatic N) is 1. The summed E-state index contributed by atoms with van der Waals surface area (Å²) in [6.45, 7) is 0.974. The number of carbonyl (C=O) groups is 1. The number of amides is 1. The maximum Gasteiger partial charge on any atom is 0.266 e. The monoisotopic (exact) mass is 356 g/mol. The van der Waals surface area contributed by atoms with Crippen LogP contribution in [0.3, 0.4) is 0 Å². The van der Waals surface area contributed by atoms with Crippen molar-refractivity contribution in [3.05, 3.63) is 71.8 Å². The Morgan fingerprint density at radius 2 is 1.74 bits per heavy atom. The average molecular weight is 356 g/mol. The molecule has 0 saturated heterocycles. The summed E-state index contributed by atoms with van der Waals surface area (Å²) < 4.78 is 11.0. The summed E-state index contributed by atoms with van der Waals surface area (Å²) >= 11 is 0. The highest BCUT2D eigenvalue weighted by Gasteiger charge is 2.14. The molecule has 132 valence electrons. The first kappa shape index (κ1) is 16.7. The largest absolute Gasteiger partial charge is 0.486 e.